The van der Waals surface area contributed by atoms with Gasteiger partial charge in [0.1, 0.15) is 0 Å². The van der Waals surface area contributed by atoms with Gasteiger partial charge in [0.05, 0.1) is 0 Å². The van der Waals surface area contributed by atoms with Crippen molar-refractivity contribution in [3.8, 4) is 0 Å². The van der Waals surface area contributed by atoms with Crippen LogP contribution in [-0.4, -0.2) is 11.6 Å². The summed E-state index contributed by atoms with van der Waals surface area (Å²) in [5.74, 6) is -0.122. The molecule has 70 valence electrons. The second-order valence-corrected chi connectivity index (χ2v) is 3.39. The summed E-state index contributed by atoms with van der Waals surface area (Å²) in [7, 11) is 0. The molecule has 0 unspecified atom stereocenters. The van der Waals surface area contributed by atoms with Crippen molar-refractivity contribution in [3.05, 3.63) is 22.6 Å². The van der Waals surface area contributed by atoms with E-state index in [4.69, 9.17) is 4.42 Å². The number of nitrogens with one attached hydrogen (secondary N) is 1. The molecule has 0 aromatic carbocycles. The smallest absolute Gasteiger partial charge is 0.307 e. The Labute approximate surface area is 84.1 Å². The van der Waals surface area contributed by atoms with Crippen molar-refractivity contribution in [2.45, 2.75) is 13.8 Å². The number of hydrogen-bond donors (Lipinski definition) is 1. The van der Waals surface area contributed by atoms with Crippen molar-refractivity contribution < 1.29 is 9.21 Å². The van der Waals surface area contributed by atoms with E-state index in [-0.39, 0.29) is 11.7 Å². The number of carbonyl (C=O) groups is 1. The highest BCUT2D eigenvalue weighted by Gasteiger charge is 2.08. The van der Waals surface area contributed by atoms with Gasteiger partial charge >= 0.3 is 5.91 Å². The Hall–Kier alpha value is -1.10. The van der Waals surface area contributed by atoms with E-state index < -0.39 is 0 Å². The second kappa shape index (κ2) is 4.23. The zero-order valence-electron chi connectivity index (χ0n) is 7.30. The number of hydrogen-bond acceptors (Lipinski definition) is 3. The lowest BCUT2D eigenvalue weighted by molar-refractivity contribution is 0.0926. The number of carbonyl (C=O) groups excluding carboxylic acids is 1. The largest absolute Gasteiger partial charge is 0.444 e. The van der Waals surface area contributed by atoms with E-state index in [2.05, 4.69) is 26.5 Å². The Kier molecular flexibility index (Phi) is 3.25. The standard InChI is InChI=1S/C8H9BrN2O2/c1-5(2)10-11-8(12)6-3-4-7(9)13-6/h3-4H,1-2H3,(H,11,12). The molecule has 0 aliphatic rings. The lowest BCUT2D eigenvalue weighted by atomic mass is 10.4. The number of furan rings is 1. The molecule has 0 saturated heterocycles. The molecule has 0 spiro atoms. The van der Waals surface area contributed by atoms with E-state index in [1.165, 1.54) is 0 Å². The van der Waals surface area contributed by atoms with E-state index in [0.29, 0.717) is 4.67 Å². The quantitative estimate of drug-likeness (QED) is 0.641. The van der Waals surface area contributed by atoms with Crippen molar-refractivity contribution in [1.82, 2.24) is 5.43 Å². The zero-order valence-corrected chi connectivity index (χ0v) is 8.88. The zero-order chi connectivity index (χ0) is 9.84. The van der Waals surface area contributed by atoms with E-state index in [0.717, 1.165) is 5.71 Å². The fraction of sp³-hybridized carbons (Fsp3) is 0.250. The molecule has 1 aromatic heterocycles. The van der Waals surface area contributed by atoms with E-state index in [1.807, 2.05) is 0 Å². The van der Waals surface area contributed by atoms with Crippen LogP contribution >= 0.6 is 15.9 Å². The molecular formula is C8H9BrN2O2. The minimum atomic E-state index is -0.355. The van der Waals surface area contributed by atoms with Gasteiger partial charge in [-0.05, 0) is 41.9 Å². The van der Waals surface area contributed by atoms with Gasteiger partial charge in [0.15, 0.2) is 10.4 Å². The summed E-state index contributed by atoms with van der Waals surface area (Å²) in [6, 6.07) is 3.22. The third kappa shape index (κ3) is 3.02. The van der Waals surface area contributed by atoms with Crippen LogP contribution < -0.4 is 5.43 Å². The van der Waals surface area contributed by atoms with Gasteiger partial charge < -0.3 is 4.42 Å². The van der Waals surface area contributed by atoms with Crippen molar-refractivity contribution in [2.24, 2.45) is 5.10 Å². The highest BCUT2D eigenvalue weighted by molar-refractivity contribution is 9.10. The van der Waals surface area contributed by atoms with Gasteiger partial charge in [0, 0.05) is 5.71 Å². The second-order valence-electron chi connectivity index (χ2n) is 2.60. The monoisotopic (exact) mass is 244 g/mol. The van der Waals surface area contributed by atoms with Gasteiger partial charge in [-0.25, -0.2) is 5.43 Å². The molecule has 0 saturated carbocycles. The lowest BCUT2D eigenvalue weighted by Gasteiger charge is -1.95. The number of nitrogens with zero attached hydrogens (tertiary/aromatic N) is 1. The third-order valence-electron chi connectivity index (χ3n) is 1.18. The minimum absolute atomic E-state index is 0.233. The Bertz CT molecular complexity index is 340. The van der Waals surface area contributed by atoms with Crippen molar-refractivity contribution in [3.63, 3.8) is 0 Å². The van der Waals surface area contributed by atoms with Crippen LogP contribution in [0.2, 0.25) is 0 Å². The average Bonchev–Trinajstić information content (AvgIpc) is 2.47. The molecule has 5 heteroatoms. The highest BCUT2D eigenvalue weighted by Crippen LogP contribution is 2.13. The topological polar surface area (TPSA) is 54.6 Å². The van der Waals surface area contributed by atoms with Crippen LogP contribution in [0.25, 0.3) is 0 Å². The number of hydrazone groups is 1. The van der Waals surface area contributed by atoms with Gasteiger partial charge in [-0.3, -0.25) is 4.79 Å². The lowest BCUT2D eigenvalue weighted by Crippen LogP contribution is -2.17. The van der Waals surface area contributed by atoms with Crippen LogP contribution in [0.4, 0.5) is 0 Å². The summed E-state index contributed by atoms with van der Waals surface area (Å²) in [5, 5.41) is 3.75. The Balaban J connectivity index is 2.64. The predicted octanol–water partition coefficient (Wildman–Crippen LogP) is 2.17. The van der Waals surface area contributed by atoms with E-state index >= 15 is 0 Å². The average molecular weight is 245 g/mol. The van der Waals surface area contributed by atoms with Crippen molar-refractivity contribution in [2.75, 3.05) is 0 Å². The molecule has 0 fully saturated rings. The molecule has 1 amide bonds. The minimum Gasteiger partial charge on any atom is -0.444 e. The summed E-state index contributed by atoms with van der Waals surface area (Å²) < 4.78 is 5.54. The molecule has 0 aliphatic heterocycles. The molecule has 0 radical (unpaired) electrons. The van der Waals surface area contributed by atoms with Crippen LogP contribution in [0.1, 0.15) is 24.4 Å². The molecule has 13 heavy (non-hydrogen) atoms. The molecule has 1 rings (SSSR count). The first-order valence-electron chi connectivity index (χ1n) is 3.66. The van der Waals surface area contributed by atoms with Gasteiger partial charge in [0.25, 0.3) is 0 Å². The molecule has 4 nitrogen and oxygen atoms in total. The molecule has 0 bridgehead atoms. The van der Waals surface area contributed by atoms with E-state index in [9.17, 15) is 4.79 Å². The SMILES string of the molecule is CC(C)=NNC(=O)c1ccc(Br)o1. The number of rotatable bonds is 2. The summed E-state index contributed by atoms with van der Waals surface area (Å²) in [4.78, 5) is 11.2. The molecular weight excluding hydrogens is 236 g/mol. The summed E-state index contributed by atoms with van der Waals surface area (Å²) in [5.41, 5.74) is 3.12. The van der Waals surface area contributed by atoms with Crippen LogP contribution in [-0.2, 0) is 0 Å². The summed E-state index contributed by atoms with van der Waals surface area (Å²) in [6.45, 7) is 3.58. The maximum atomic E-state index is 11.2. The molecule has 1 aromatic rings. The van der Waals surface area contributed by atoms with Crippen molar-refractivity contribution in [1.29, 1.82) is 0 Å². The van der Waals surface area contributed by atoms with Crippen molar-refractivity contribution >= 4 is 27.5 Å². The number of amides is 1. The summed E-state index contributed by atoms with van der Waals surface area (Å²) in [6.07, 6.45) is 0. The first kappa shape index (κ1) is 9.98. The summed E-state index contributed by atoms with van der Waals surface area (Å²) >= 11 is 3.10. The van der Waals surface area contributed by atoms with Crippen LogP contribution in [0, 0.1) is 0 Å². The fourth-order valence-electron chi connectivity index (χ4n) is 0.654. The first-order valence-corrected chi connectivity index (χ1v) is 4.45. The predicted molar refractivity (Wildman–Crippen MR) is 52.7 cm³/mol. The van der Waals surface area contributed by atoms with Gasteiger partial charge in [-0.1, -0.05) is 0 Å². The van der Waals surface area contributed by atoms with Crippen LogP contribution in [0.15, 0.2) is 26.3 Å². The van der Waals surface area contributed by atoms with Crippen LogP contribution in [0.5, 0.6) is 0 Å². The number of halogens is 1. The maximum Gasteiger partial charge on any atom is 0.307 e. The molecule has 0 aliphatic carbocycles. The van der Waals surface area contributed by atoms with Crippen LogP contribution in [0.3, 0.4) is 0 Å². The third-order valence-corrected chi connectivity index (χ3v) is 1.60. The van der Waals surface area contributed by atoms with Gasteiger partial charge in [-0.2, -0.15) is 5.10 Å². The van der Waals surface area contributed by atoms with Gasteiger partial charge in [-0.15, -0.1) is 0 Å². The Morgan fingerprint density at radius 3 is 2.69 bits per heavy atom. The molecule has 0 atom stereocenters. The fourth-order valence-corrected chi connectivity index (χ4v) is 0.961. The Morgan fingerprint density at radius 2 is 2.23 bits per heavy atom. The van der Waals surface area contributed by atoms with E-state index in [1.54, 1.807) is 26.0 Å². The Morgan fingerprint density at radius 1 is 1.54 bits per heavy atom. The first-order chi connectivity index (χ1) is 6.09. The van der Waals surface area contributed by atoms with Gasteiger partial charge in [0.2, 0.25) is 0 Å². The normalized spacial score (nSPS) is 9.46. The highest BCUT2D eigenvalue weighted by atomic mass is 79.9. The molecule has 1 N–H and O–H groups in total. The molecule has 1 heterocycles. The maximum absolute atomic E-state index is 11.2.